The third kappa shape index (κ3) is 132. The van der Waals surface area contributed by atoms with E-state index in [1.165, 1.54) is 5.25 Å². The molecular formula is C5H14GeLi3. The van der Waals surface area contributed by atoms with Crippen LogP contribution in [0.1, 0.15) is 6.92 Å². The Labute approximate surface area is 106 Å². The van der Waals surface area contributed by atoms with Crippen LogP contribution in [0.4, 0.5) is 0 Å². The molecule has 0 aromatic carbocycles. The summed E-state index contributed by atoms with van der Waals surface area (Å²) in [6, 6.07) is 0. The molecule has 0 saturated heterocycles. The molecule has 0 atom stereocenters. The number of rotatable bonds is 0. The molecule has 41 valence electrons. The Morgan fingerprint density at radius 3 is 0.889 bits per heavy atom. The normalized spacial score (nSPS) is 2.00. The summed E-state index contributed by atoms with van der Waals surface area (Å²) in [5.41, 5.74) is 0. The SMILES string of the molecule is C[CH2][Ge].[CH3-].[CH3-].[CH3-].[Li+].[Li+].[Li+]. The van der Waals surface area contributed by atoms with Crippen LogP contribution in [0.25, 0.3) is 0 Å². The first kappa shape index (κ1) is 64.4. The van der Waals surface area contributed by atoms with Gasteiger partial charge in [0.1, 0.15) is 0 Å². The molecule has 0 aliphatic heterocycles. The molecule has 0 N–H and O–H groups in total. The molecule has 9 heavy (non-hydrogen) atoms. The zero-order valence-electron chi connectivity index (χ0n) is 8.21. The predicted octanol–water partition coefficient (Wildman–Crippen LogP) is -7.04. The molecule has 0 nitrogen and oxygen atoms in total. The van der Waals surface area contributed by atoms with E-state index < -0.39 is 0 Å². The van der Waals surface area contributed by atoms with Crippen molar-refractivity contribution in [3.05, 3.63) is 22.3 Å². The molecule has 0 aliphatic rings. The minimum absolute atomic E-state index is 0. The average molecular weight is 168 g/mol. The van der Waals surface area contributed by atoms with Gasteiger partial charge in [0.25, 0.3) is 0 Å². The maximum absolute atomic E-state index is 2.12. The third-order valence-corrected chi connectivity index (χ3v) is 0. The van der Waals surface area contributed by atoms with E-state index in [4.69, 9.17) is 0 Å². The van der Waals surface area contributed by atoms with Gasteiger partial charge in [0, 0.05) is 0 Å². The number of hydrogen-bond donors (Lipinski definition) is 0. The Bertz CT molecular complexity index is 12.2. The maximum Gasteiger partial charge on any atom is 1.00 e. The Morgan fingerprint density at radius 1 is 0.889 bits per heavy atom. The van der Waals surface area contributed by atoms with E-state index in [9.17, 15) is 0 Å². The molecule has 0 amide bonds. The molecule has 0 spiro atoms. The first-order valence-corrected chi connectivity index (χ1v) is 2.54. The minimum atomic E-state index is 0. The van der Waals surface area contributed by atoms with Gasteiger partial charge in [-0.1, -0.05) is 0 Å². The fraction of sp³-hybridized carbons (Fsp3) is 0.400. The fourth-order valence-corrected chi connectivity index (χ4v) is 0. The second kappa shape index (κ2) is 81.0. The quantitative estimate of drug-likeness (QED) is 0.249. The standard InChI is InChI=1S/C2H5Ge.3CH3.3Li/c1-2-3;;;;;;/h2H2,1H3;3*1H3;;;/q;3*-1;3*+1. The molecule has 0 heterocycles. The van der Waals surface area contributed by atoms with Crippen LogP contribution in [-0.2, 0) is 0 Å². The summed E-state index contributed by atoms with van der Waals surface area (Å²) in [4.78, 5) is 0. The van der Waals surface area contributed by atoms with Gasteiger partial charge in [-0.3, -0.25) is 0 Å². The van der Waals surface area contributed by atoms with Crippen molar-refractivity contribution in [3.8, 4) is 0 Å². The van der Waals surface area contributed by atoms with Gasteiger partial charge in [-0.2, -0.15) is 0 Å². The van der Waals surface area contributed by atoms with E-state index in [-0.39, 0.29) is 78.9 Å². The Hall–Kier alpha value is 2.34. The topological polar surface area (TPSA) is 0 Å². The summed E-state index contributed by atoms with van der Waals surface area (Å²) < 4.78 is 0. The minimum Gasteiger partial charge on any atom is -0.358 e. The third-order valence-electron chi connectivity index (χ3n) is 0. The molecular weight excluding hydrogens is 153 g/mol. The summed E-state index contributed by atoms with van der Waals surface area (Å²) in [6.07, 6.45) is 0. The van der Waals surface area contributed by atoms with Crippen LogP contribution in [0.3, 0.4) is 0 Å². The van der Waals surface area contributed by atoms with E-state index in [2.05, 4.69) is 23.4 Å². The van der Waals surface area contributed by atoms with Crippen LogP contribution in [0.15, 0.2) is 0 Å². The van der Waals surface area contributed by atoms with Crippen molar-refractivity contribution in [3.63, 3.8) is 0 Å². The van der Waals surface area contributed by atoms with Gasteiger partial charge >= 0.3 is 85.3 Å². The van der Waals surface area contributed by atoms with Crippen molar-refractivity contribution >= 4 is 16.5 Å². The van der Waals surface area contributed by atoms with E-state index in [1.807, 2.05) is 0 Å². The second-order valence-corrected chi connectivity index (χ2v) is 1.84. The average Bonchev–Trinajstić information content (AvgIpc) is 0.918. The zero-order valence-corrected chi connectivity index (χ0v) is 10.3. The van der Waals surface area contributed by atoms with Crippen molar-refractivity contribution in [1.29, 1.82) is 0 Å². The Balaban J connectivity index is -0.00000000133. The van der Waals surface area contributed by atoms with Gasteiger partial charge in [0.15, 0.2) is 0 Å². The van der Waals surface area contributed by atoms with E-state index in [1.54, 1.807) is 0 Å². The summed E-state index contributed by atoms with van der Waals surface area (Å²) in [5, 5.41) is 1.25. The maximum atomic E-state index is 2.12. The number of hydrogen-bond acceptors (Lipinski definition) is 0. The van der Waals surface area contributed by atoms with Gasteiger partial charge in [0.05, 0.1) is 0 Å². The molecule has 4 heteroatoms. The van der Waals surface area contributed by atoms with Crippen molar-refractivity contribution in [2.75, 3.05) is 0 Å². The first-order chi connectivity index (χ1) is 1.41. The van der Waals surface area contributed by atoms with Crippen LogP contribution in [-0.4, -0.2) is 16.5 Å². The van der Waals surface area contributed by atoms with Gasteiger partial charge in [-0.15, -0.1) is 0 Å². The van der Waals surface area contributed by atoms with Crippen LogP contribution < -0.4 is 56.6 Å². The summed E-state index contributed by atoms with van der Waals surface area (Å²) >= 11 is 2.12. The van der Waals surface area contributed by atoms with Crippen molar-refractivity contribution < 1.29 is 56.6 Å². The monoisotopic (exact) mass is 169 g/mol. The summed E-state index contributed by atoms with van der Waals surface area (Å²) in [5.74, 6) is 0. The fourth-order valence-electron chi connectivity index (χ4n) is 0. The molecule has 0 aromatic heterocycles. The van der Waals surface area contributed by atoms with Crippen molar-refractivity contribution in [2.45, 2.75) is 12.2 Å². The van der Waals surface area contributed by atoms with Gasteiger partial charge in [0.2, 0.25) is 0 Å². The predicted molar refractivity (Wildman–Crippen MR) is 35.5 cm³/mol. The van der Waals surface area contributed by atoms with E-state index in [0.717, 1.165) is 0 Å². The van der Waals surface area contributed by atoms with Gasteiger partial charge in [-0.05, 0) is 0 Å². The smallest absolute Gasteiger partial charge is 0.358 e. The molecule has 0 unspecified atom stereocenters. The van der Waals surface area contributed by atoms with Crippen LogP contribution >= 0.6 is 0 Å². The summed E-state index contributed by atoms with van der Waals surface area (Å²) in [6.45, 7) is 2.12. The molecule has 0 fully saturated rings. The van der Waals surface area contributed by atoms with E-state index in [0.29, 0.717) is 0 Å². The zero-order chi connectivity index (χ0) is 2.71. The van der Waals surface area contributed by atoms with Crippen LogP contribution in [0.2, 0.25) is 5.25 Å². The summed E-state index contributed by atoms with van der Waals surface area (Å²) in [7, 11) is 0. The van der Waals surface area contributed by atoms with Gasteiger partial charge in [-0.25, -0.2) is 0 Å². The van der Waals surface area contributed by atoms with Gasteiger partial charge < -0.3 is 22.3 Å². The molecule has 0 bridgehead atoms. The molecule has 0 aromatic rings. The van der Waals surface area contributed by atoms with Crippen LogP contribution in [0.5, 0.6) is 0 Å². The van der Waals surface area contributed by atoms with Crippen molar-refractivity contribution in [1.82, 2.24) is 0 Å². The Kier molecular flexibility index (Phi) is 580. The van der Waals surface area contributed by atoms with E-state index >= 15 is 0 Å². The Morgan fingerprint density at radius 2 is 0.889 bits per heavy atom. The molecule has 0 aliphatic carbocycles. The largest absolute Gasteiger partial charge is 1.00 e. The first-order valence-electron chi connectivity index (χ1n) is 1.06. The molecule has 0 saturated carbocycles. The second-order valence-electron chi connectivity index (χ2n) is 0.354. The van der Waals surface area contributed by atoms with Crippen molar-refractivity contribution in [2.24, 2.45) is 0 Å². The van der Waals surface area contributed by atoms with Crippen LogP contribution in [0, 0.1) is 22.3 Å². The molecule has 0 rings (SSSR count). The molecule has 3 radical (unpaired) electrons.